The van der Waals surface area contributed by atoms with Crippen LogP contribution in [0.2, 0.25) is 0 Å². The summed E-state index contributed by atoms with van der Waals surface area (Å²) >= 11 is 0. The van der Waals surface area contributed by atoms with Gasteiger partial charge in [-0.05, 0) is 74.4 Å². The topological polar surface area (TPSA) is 32.3 Å². The number of nitrogens with zero attached hydrogens (tertiary/aromatic N) is 4. The molecule has 1 aromatic carbocycles. The molecule has 0 bridgehead atoms. The molecular formula is C30H34N4. The van der Waals surface area contributed by atoms with Crippen LogP contribution in [0.3, 0.4) is 0 Å². The second-order valence-corrected chi connectivity index (χ2v) is 8.00. The van der Waals surface area contributed by atoms with E-state index < -0.39 is 0 Å². The summed E-state index contributed by atoms with van der Waals surface area (Å²) < 4.78 is 0. The van der Waals surface area contributed by atoms with E-state index in [0.717, 1.165) is 73.2 Å². The van der Waals surface area contributed by atoms with E-state index in [4.69, 9.17) is 9.97 Å². The highest BCUT2D eigenvalue weighted by molar-refractivity contribution is 5.53. The van der Waals surface area contributed by atoms with E-state index in [2.05, 4.69) is 73.3 Å². The largest absolute Gasteiger partial charge is 0.298 e. The summed E-state index contributed by atoms with van der Waals surface area (Å²) in [4.78, 5) is 14.1. The third kappa shape index (κ3) is 7.56. The molecule has 0 fully saturated rings. The highest BCUT2D eigenvalue weighted by Crippen LogP contribution is 2.08. The van der Waals surface area contributed by atoms with Crippen molar-refractivity contribution >= 4 is 0 Å². The minimum absolute atomic E-state index is 0.776. The third-order valence-electron chi connectivity index (χ3n) is 5.75. The van der Waals surface area contributed by atoms with Gasteiger partial charge in [0.2, 0.25) is 0 Å². The molecule has 0 unspecified atom stereocenters. The van der Waals surface area contributed by atoms with Gasteiger partial charge in [-0.25, -0.2) is 9.97 Å². The van der Waals surface area contributed by atoms with Crippen molar-refractivity contribution in [2.24, 2.45) is 0 Å². The number of aromatic nitrogens is 2. The quantitative estimate of drug-likeness (QED) is 0.454. The lowest BCUT2D eigenvalue weighted by Gasteiger charge is -2.17. The summed E-state index contributed by atoms with van der Waals surface area (Å²) in [5, 5.41) is 0. The molecule has 34 heavy (non-hydrogen) atoms. The molecule has 0 spiro atoms. The van der Waals surface area contributed by atoms with Crippen LogP contribution in [0.5, 0.6) is 0 Å². The molecule has 3 rings (SSSR count). The first kappa shape index (κ1) is 25.2. The third-order valence-corrected chi connectivity index (χ3v) is 5.75. The van der Waals surface area contributed by atoms with E-state index >= 15 is 0 Å². The number of pyridine rings is 2. The van der Waals surface area contributed by atoms with Gasteiger partial charge < -0.3 is 0 Å². The summed E-state index contributed by atoms with van der Waals surface area (Å²) in [7, 11) is 0. The smallest absolute Gasteiger partial charge is 0.113 e. The van der Waals surface area contributed by atoms with Crippen molar-refractivity contribution in [3.8, 4) is 23.7 Å². The molecule has 2 heterocycles. The van der Waals surface area contributed by atoms with Gasteiger partial charge in [-0.1, -0.05) is 63.8 Å². The maximum atomic E-state index is 4.73. The molecule has 0 aliphatic heterocycles. The molecule has 3 aromatic rings. The maximum Gasteiger partial charge on any atom is 0.113 e. The van der Waals surface area contributed by atoms with Gasteiger partial charge in [-0.15, -0.1) is 0 Å². The van der Waals surface area contributed by atoms with Crippen molar-refractivity contribution in [2.45, 2.75) is 40.8 Å². The number of hydrogen-bond donors (Lipinski definition) is 0. The van der Waals surface area contributed by atoms with E-state index in [-0.39, 0.29) is 0 Å². The fourth-order valence-corrected chi connectivity index (χ4v) is 3.59. The van der Waals surface area contributed by atoms with Crippen LogP contribution in [0, 0.1) is 23.7 Å². The van der Waals surface area contributed by atoms with Gasteiger partial charge in [0.05, 0.1) is 11.4 Å². The molecule has 4 nitrogen and oxygen atoms in total. The van der Waals surface area contributed by atoms with Crippen LogP contribution in [0.15, 0.2) is 60.7 Å². The molecule has 0 N–H and O–H groups in total. The van der Waals surface area contributed by atoms with Crippen LogP contribution in [0.4, 0.5) is 0 Å². The highest BCUT2D eigenvalue weighted by Gasteiger charge is 2.04. The van der Waals surface area contributed by atoms with Crippen LogP contribution in [-0.4, -0.2) is 45.9 Å². The zero-order chi connectivity index (χ0) is 24.2. The van der Waals surface area contributed by atoms with E-state index in [9.17, 15) is 0 Å². The number of hydrogen-bond acceptors (Lipinski definition) is 4. The fourth-order valence-electron chi connectivity index (χ4n) is 3.59. The second-order valence-electron chi connectivity index (χ2n) is 8.00. The Bertz CT molecular complexity index is 1090. The van der Waals surface area contributed by atoms with Crippen molar-refractivity contribution in [1.82, 2.24) is 19.8 Å². The summed E-state index contributed by atoms with van der Waals surface area (Å²) in [6.45, 7) is 14.4. The van der Waals surface area contributed by atoms with Gasteiger partial charge in [0, 0.05) is 24.2 Å². The Morgan fingerprint density at radius 2 is 0.941 bits per heavy atom. The molecule has 4 heteroatoms. The van der Waals surface area contributed by atoms with E-state index in [1.165, 1.54) is 0 Å². The van der Waals surface area contributed by atoms with Crippen molar-refractivity contribution < 1.29 is 0 Å². The number of rotatable bonds is 8. The van der Waals surface area contributed by atoms with Gasteiger partial charge in [-0.3, -0.25) is 9.80 Å². The first-order valence-electron chi connectivity index (χ1n) is 12.1. The van der Waals surface area contributed by atoms with Crippen LogP contribution >= 0.6 is 0 Å². The van der Waals surface area contributed by atoms with E-state index in [1.807, 2.05) is 48.5 Å². The predicted molar refractivity (Wildman–Crippen MR) is 140 cm³/mol. The molecule has 0 aliphatic carbocycles. The van der Waals surface area contributed by atoms with Crippen LogP contribution < -0.4 is 0 Å². The Morgan fingerprint density at radius 3 is 1.32 bits per heavy atom. The molecule has 0 atom stereocenters. The normalized spacial score (nSPS) is 10.5. The molecule has 174 valence electrons. The summed E-state index contributed by atoms with van der Waals surface area (Å²) in [6, 6.07) is 20.1. The molecule has 2 aromatic heterocycles. The zero-order valence-electron chi connectivity index (χ0n) is 20.8. The van der Waals surface area contributed by atoms with Gasteiger partial charge in [-0.2, -0.15) is 0 Å². The predicted octanol–water partition coefficient (Wildman–Crippen LogP) is 4.96. The minimum Gasteiger partial charge on any atom is -0.298 e. The monoisotopic (exact) mass is 450 g/mol. The molecule has 0 saturated carbocycles. The van der Waals surface area contributed by atoms with Crippen molar-refractivity contribution in [1.29, 1.82) is 0 Å². The standard InChI is InChI=1S/C30H34N4/c1-5-33(6-2)23-29-17-11-15-27(31-29)21-19-25-13-9-10-14-26(25)20-22-28-16-12-18-30(32-28)24-34(7-3)8-4/h9-18H,5-8,23-24H2,1-4H3. The summed E-state index contributed by atoms with van der Waals surface area (Å²) in [5.74, 6) is 13.0. The highest BCUT2D eigenvalue weighted by atomic mass is 15.1. The minimum atomic E-state index is 0.776. The van der Waals surface area contributed by atoms with Crippen LogP contribution in [-0.2, 0) is 13.1 Å². The lowest BCUT2D eigenvalue weighted by Crippen LogP contribution is -2.22. The SMILES string of the molecule is CCN(CC)Cc1cccc(C#Cc2ccccc2C#Cc2cccc(CN(CC)CC)n2)n1. The Kier molecular flexibility index (Phi) is 9.86. The zero-order valence-corrected chi connectivity index (χ0v) is 20.8. The van der Waals surface area contributed by atoms with Crippen molar-refractivity contribution in [3.63, 3.8) is 0 Å². The molecule has 0 radical (unpaired) electrons. The summed E-state index contributed by atoms with van der Waals surface area (Å²) in [5.41, 5.74) is 5.42. The molecule has 0 aliphatic rings. The molecule has 0 saturated heterocycles. The van der Waals surface area contributed by atoms with E-state index in [0.29, 0.717) is 0 Å². The fraction of sp³-hybridized carbons (Fsp3) is 0.333. The summed E-state index contributed by atoms with van der Waals surface area (Å²) in [6.07, 6.45) is 0. The molecular weight excluding hydrogens is 416 g/mol. The van der Waals surface area contributed by atoms with Gasteiger partial charge >= 0.3 is 0 Å². The number of benzene rings is 1. The Hall–Kier alpha value is -3.44. The lowest BCUT2D eigenvalue weighted by atomic mass is 10.1. The first-order valence-corrected chi connectivity index (χ1v) is 12.1. The lowest BCUT2D eigenvalue weighted by molar-refractivity contribution is 0.292. The van der Waals surface area contributed by atoms with Gasteiger partial charge in [0.1, 0.15) is 11.4 Å². The Balaban J connectivity index is 1.80. The van der Waals surface area contributed by atoms with Crippen molar-refractivity contribution in [2.75, 3.05) is 26.2 Å². The second kappa shape index (κ2) is 13.3. The molecule has 0 amide bonds. The van der Waals surface area contributed by atoms with Gasteiger partial charge in [0.15, 0.2) is 0 Å². The first-order chi connectivity index (χ1) is 16.6. The van der Waals surface area contributed by atoms with Crippen LogP contribution in [0.1, 0.15) is 61.6 Å². The van der Waals surface area contributed by atoms with Crippen molar-refractivity contribution in [3.05, 3.63) is 94.6 Å². The average molecular weight is 451 g/mol. The Labute approximate surface area is 205 Å². The average Bonchev–Trinajstić information content (AvgIpc) is 2.89. The van der Waals surface area contributed by atoms with E-state index in [1.54, 1.807) is 0 Å². The maximum absolute atomic E-state index is 4.73. The Morgan fingerprint density at radius 1 is 0.529 bits per heavy atom. The van der Waals surface area contributed by atoms with Gasteiger partial charge in [0.25, 0.3) is 0 Å². The van der Waals surface area contributed by atoms with Crippen LogP contribution in [0.25, 0.3) is 0 Å².